The number of aryl methyl sites for hydroxylation is 1. The topological polar surface area (TPSA) is 26.0 Å². The van der Waals surface area contributed by atoms with Gasteiger partial charge in [-0.2, -0.15) is 0 Å². The van der Waals surface area contributed by atoms with Gasteiger partial charge in [0.15, 0.2) is 0 Å². The van der Waals surface area contributed by atoms with Gasteiger partial charge in [0.1, 0.15) is 0 Å². The van der Waals surface area contributed by atoms with Crippen LogP contribution >= 0.6 is 11.6 Å². The third kappa shape index (κ3) is 3.80. The lowest BCUT2D eigenvalue weighted by Crippen LogP contribution is -2.12. The Labute approximate surface area is 104 Å². The van der Waals surface area contributed by atoms with Crippen molar-refractivity contribution in [2.24, 2.45) is 5.73 Å². The van der Waals surface area contributed by atoms with E-state index in [1.165, 1.54) is 11.1 Å². The molecule has 0 radical (unpaired) electrons. The fraction of sp³-hybridized carbons (Fsp3) is 0.571. The van der Waals surface area contributed by atoms with E-state index >= 15 is 0 Å². The lowest BCUT2D eigenvalue weighted by molar-refractivity contribution is 0.589. The highest BCUT2D eigenvalue weighted by molar-refractivity contribution is 6.31. The van der Waals surface area contributed by atoms with Crippen molar-refractivity contribution in [2.75, 3.05) is 6.54 Å². The van der Waals surface area contributed by atoms with Crippen molar-refractivity contribution in [1.82, 2.24) is 0 Å². The van der Waals surface area contributed by atoms with Crippen molar-refractivity contribution in [2.45, 2.75) is 45.4 Å². The van der Waals surface area contributed by atoms with Crippen LogP contribution in [0, 0.1) is 0 Å². The lowest BCUT2D eigenvalue weighted by Gasteiger charge is -2.21. The van der Waals surface area contributed by atoms with Crippen LogP contribution in [0.4, 0.5) is 0 Å². The number of benzene rings is 1. The van der Waals surface area contributed by atoms with Gasteiger partial charge in [-0.3, -0.25) is 0 Å². The van der Waals surface area contributed by atoms with Crippen molar-refractivity contribution in [3.05, 3.63) is 34.3 Å². The zero-order valence-electron chi connectivity index (χ0n) is 10.5. The molecule has 0 heterocycles. The third-order valence-electron chi connectivity index (χ3n) is 2.76. The maximum absolute atomic E-state index is 6.22. The molecule has 2 N–H and O–H groups in total. The van der Waals surface area contributed by atoms with Crippen molar-refractivity contribution >= 4 is 11.6 Å². The van der Waals surface area contributed by atoms with Crippen molar-refractivity contribution in [3.63, 3.8) is 0 Å². The molecule has 1 aromatic carbocycles. The number of nitrogens with two attached hydrogens (primary N) is 1. The number of hydrogen-bond acceptors (Lipinski definition) is 1. The van der Waals surface area contributed by atoms with Crippen LogP contribution in [0.3, 0.4) is 0 Å². The van der Waals surface area contributed by atoms with Crippen LogP contribution < -0.4 is 5.73 Å². The minimum absolute atomic E-state index is 0.112. The summed E-state index contributed by atoms with van der Waals surface area (Å²) in [5.41, 5.74) is 8.21. The molecular formula is C14H22ClN. The molecule has 0 aliphatic heterocycles. The van der Waals surface area contributed by atoms with Gasteiger partial charge in [-0.25, -0.2) is 0 Å². The number of unbranched alkanes of at least 4 members (excludes halogenated alkanes) is 1. The molecule has 1 aromatic rings. The zero-order chi connectivity index (χ0) is 12.2. The van der Waals surface area contributed by atoms with Crippen molar-refractivity contribution in [3.8, 4) is 0 Å². The SMILES string of the molecule is CC(C)(C)c1cc(CCCCN)ccc1Cl. The molecule has 0 bridgehead atoms. The molecule has 0 aromatic heterocycles. The Morgan fingerprint density at radius 3 is 2.44 bits per heavy atom. The second kappa shape index (κ2) is 5.70. The average molecular weight is 240 g/mol. The minimum atomic E-state index is 0.112. The molecule has 0 atom stereocenters. The van der Waals surface area contributed by atoms with E-state index in [4.69, 9.17) is 17.3 Å². The van der Waals surface area contributed by atoms with Crippen LogP contribution in [0.15, 0.2) is 18.2 Å². The zero-order valence-corrected chi connectivity index (χ0v) is 11.3. The molecule has 2 heteroatoms. The highest BCUT2D eigenvalue weighted by Crippen LogP contribution is 2.30. The Hall–Kier alpha value is -0.530. The molecule has 0 saturated carbocycles. The first-order valence-electron chi connectivity index (χ1n) is 5.94. The largest absolute Gasteiger partial charge is 0.330 e. The van der Waals surface area contributed by atoms with Gasteiger partial charge in [-0.1, -0.05) is 44.5 Å². The van der Waals surface area contributed by atoms with E-state index < -0.39 is 0 Å². The third-order valence-corrected chi connectivity index (χ3v) is 3.09. The molecule has 0 amide bonds. The van der Waals surface area contributed by atoms with E-state index in [-0.39, 0.29) is 5.41 Å². The number of halogens is 1. The first-order valence-corrected chi connectivity index (χ1v) is 6.32. The number of hydrogen-bond donors (Lipinski definition) is 1. The predicted octanol–water partition coefficient (Wildman–Crippen LogP) is 3.92. The van der Waals surface area contributed by atoms with Gasteiger partial charge in [-0.15, -0.1) is 0 Å². The van der Waals surface area contributed by atoms with Gasteiger partial charge in [0.25, 0.3) is 0 Å². The Morgan fingerprint density at radius 2 is 1.88 bits per heavy atom. The summed E-state index contributed by atoms with van der Waals surface area (Å²) in [7, 11) is 0. The van der Waals surface area contributed by atoms with E-state index in [9.17, 15) is 0 Å². The molecule has 90 valence electrons. The quantitative estimate of drug-likeness (QED) is 0.792. The highest BCUT2D eigenvalue weighted by Gasteiger charge is 2.17. The molecule has 16 heavy (non-hydrogen) atoms. The van der Waals surface area contributed by atoms with Gasteiger partial charge < -0.3 is 5.73 Å². The molecule has 1 rings (SSSR count). The van der Waals surface area contributed by atoms with Crippen LogP contribution in [0.5, 0.6) is 0 Å². The lowest BCUT2D eigenvalue weighted by atomic mass is 9.85. The summed E-state index contributed by atoms with van der Waals surface area (Å²) in [5, 5.41) is 0.870. The molecule has 0 unspecified atom stereocenters. The van der Waals surface area contributed by atoms with Crippen LogP contribution in [0.2, 0.25) is 5.02 Å². The smallest absolute Gasteiger partial charge is 0.0443 e. The highest BCUT2D eigenvalue weighted by atomic mass is 35.5. The van der Waals surface area contributed by atoms with Gasteiger partial charge >= 0.3 is 0 Å². The second-order valence-electron chi connectivity index (χ2n) is 5.31. The molecule has 0 aliphatic carbocycles. The fourth-order valence-electron chi connectivity index (χ4n) is 1.78. The maximum atomic E-state index is 6.22. The molecule has 0 aliphatic rings. The van der Waals surface area contributed by atoms with Gasteiger partial charge in [0.05, 0.1) is 0 Å². The van der Waals surface area contributed by atoms with E-state index in [0.29, 0.717) is 0 Å². The van der Waals surface area contributed by atoms with Gasteiger partial charge in [0.2, 0.25) is 0 Å². The van der Waals surface area contributed by atoms with E-state index in [1.54, 1.807) is 0 Å². The molecule has 0 spiro atoms. The Morgan fingerprint density at radius 1 is 1.19 bits per heavy atom. The Bertz CT molecular complexity index is 339. The summed E-state index contributed by atoms with van der Waals surface area (Å²) >= 11 is 6.22. The fourth-order valence-corrected chi connectivity index (χ4v) is 2.18. The summed E-state index contributed by atoms with van der Waals surface area (Å²) in [6.45, 7) is 7.35. The minimum Gasteiger partial charge on any atom is -0.330 e. The monoisotopic (exact) mass is 239 g/mol. The van der Waals surface area contributed by atoms with E-state index in [2.05, 4.69) is 32.9 Å². The van der Waals surface area contributed by atoms with E-state index in [1.807, 2.05) is 6.07 Å². The predicted molar refractivity (Wildman–Crippen MR) is 72.1 cm³/mol. The molecule has 1 nitrogen and oxygen atoms in total. The first-order chi connectivity index (χ1) is 7.45. The number of rotatable bonds is 4. The van der Waals surface area contributed by atoms with Gasteiger partial charge in [0, 0.05) is 5.02 Å². The molecule has 0 fully saturated rings. The normalized spacial score (nSPS) is 11.8. The standard InChI is InChI=1S/C14H22ClN/c1-14(2,3)12-10-11(6-4-5-9-16)7-8-13(12)15/h7-8,10H,4-6,9,16H2,1-3H3. The summed E-state index contributed by atoms with van der Waals surface area (Å²) in [5.74, 6) is 0. The van der Waals surface area contributed by atoms with Crippen LogP contribution in [0.25, 0.3) is 0 Å². The molecular weight excluding hydrogens is 218 g/mol. The summed E-state index contributed by atoms with van der Waals surface area (Å²) < 4.78 is 0. The van der Waals surface area contributed by atoms with Crippen molar-refractivity contribution < 1.29 is 0 Å². The van der Waals surface area contributed by atoms with Crippen LogP contribution in [-0.2, 0) is 11.8 Å². The van der Waals surface area contributed by atoms with Gasteiger partial charge in [-0.05, 0) is 48.4 Å². The van der Waals surface area contributed by atoms with Crippen molar-refractivity contribution in [1.29, 1.82) is 0 Å². The van der Waals surface area contributed by atoms with Crippen LogP contribution in [0.1, 0.15) is 44.7 Å². The van der Waals surface area contributed by atoms with E-state index in [0.717, 1.165) is 30.8 Å². The summed E-state index contributed by atoms with van der Waals surface area (Å²) in [6, 6.07) is 6.37. The first kappa shape index (κ1) is 13.5. The summed E-state index contributed by atoms with van der Waals surface area (Å²) in [4.78, 5) is 0. The Kier molecular flexibility index (Phi) is 4.82. The second-order valence-corrected chi connectivity index (χ2v) is 5.72. The molecule has 0 saturated heterocycles. The Balaban J connectivity index is 2.82. The van der Waals surface area contributed by atoms with Crippen LogP contribution in [-0.4, -0.2) is 6.54 Å². The maximum Gasteiger partial charge on any atom is 0.0443 e. The average Bonchev–Trinajstić information content (AvgIpc) is 2.19. The summed E-state index contributed by atoms with van der Waals surface area (Å²) in [6.07, 6.45) is 3.34.